The van der Waals surface area contributed by atoms with Gasteiger partial charge in [-0.05, 0) is 52.7 Å². The van der Waals surface area contributed by atoms with Crippen molar-refractivity contribution in [3.8, 4) is 0 Å². The number of halogens is 2. The van der Waals surface area contributed by atoms with E-state index in [1.54, 1.807) is 41.5 Å². The van der Waals surface area contributed by atoms with Gasteiger partial charge in [0, 0.05) is 24.3 Å². The van der Waals surface area contributed by atoms with Gasteiger partial charge in [-0.15, -0.1) is 0 Å². The van der Waals surface area contributed by atoms with Crippen molar-refractivity contribution in [3.05, 3.63) is 79.9 Å². The average Bonchev–Trinajstić information content (AvgIpc) is 2.99. The fourth-order valence-corrected chi connectivity index (χ4v) is 3.63. The summed E-state index contributed by atoms with van der Waals surface area (Å²) in [5.74, 6) is -2.08. The molecule has 0 bridgehead atoms. The molecule has 0 unspecified atom stereocenters. The molecule has 0 fully saturated rings. The first kappa shape index (κ1) is 40.6. The van der Waals surface area contributed by atoms with E-state index in [1.165, 1.54) is 36.4 Å². The number of carbonyl (C=O) groups excluding carboxylic acids is 4. The van der Waals surface area contributed by atoms with Crippen molar-refractivity contribution in [1.29, 1.82) is 0 Å². The number of nitro benzene ring substituents is 2. The Labute approximate surface area is 274 Å². The molecule has 48 heavy (non-hydrogen) atoms. The lowest BCUT2D eigenvalue weighted by Crippen LogP contribution is -2.46. The summed E-state index contributed by atoms with van der Waals surface area (Å²) in [6, 6.07) is 6.03. The summed E-state index contributed by atoms with van der Waals surface area (Å²) in [5.41, 5.74) is -2.65. The van der Waals surface area contributed by atoms with E-state index in [9.17, 15) is 48.2 Å². The van der Waals surface area contributed by atoms with E-state index in [0.29, 0.717) is 0 Å². The van der Waals surface area contributed by atoms with Crippen LogP contribution in [0.25, 0.3) is 0 Å². The molecule has 2 aromatic carbocycles. The van der Waals surface area contributed by atoms with Crippen LogP contribution in [0.3, 0.4) is 0 Å². The van der Waals surface area contributed by atoms with Crippen LogP contribution in [0.2, 0.25) is 0 Å². The van der Waals surface area contributed by atoms with E-state index in [4.69, 9.17) is 9.47 Å². The summed E-state index contributed by atoms with van der Waals surface area (Å²) in [5, 5.41) is 25.7. The molecule has 0 radical (unpaired) electrons. The van der Waals surface area contributed by atoms with Gasteiger partial charge in [-0.1, -0.05) is 24.3 Å². The maximum absolute atomic E-state index is 14.7. The van der Waals surface area contributed by atoms with Gasteiger partial charge in [0.15, 0.2) is 24.4 Å². The number of non-ortho nitro benzene ring substituents is 2. The maximum atomic E-state index is 14.7. The number of rotatable bonds is 10. The first-order valence-electron chi connectivity index (χ1n) is 14.0. The molecule has 18 heteroatoms. The zero-order chi connectivity index (χ0) is 37.0. The Morgan fingerprint density at radius 3 is 1.23 bits per heavy atom. The Bertz CT molecular complexity index is 1370. The topological polar surface area (TPSA) is 216 Å². The number of nitrogens with zero attached hydrogens (tertiary/aromatic N) is 2. The molecule has 2 amide bonds. The smallest absolute Gasteiger partial charge is 0.408 e. The number of carbonyl (C=O) groups is 4. The molecule has 0 saturated carbocycles. The molecule has 16 nitrogen and oxygen atoms in total. The fraction of sp³-hybridized carbons (Fsp3) is 0.467. The highest BCUT2D eigenvalue weighted by Crippen LogP contribution is 2.27. The first-order valence-corrected chi connectivity index (χ1v) is 14.0. The molecule has 264 valence electrons. The molecule has 2 N–H and O–H groups in total. The van der Waals surface area contributed by atoms with Gasteiger partial charge >= 0.3 is 24.1 Å². The number of hydrogen-bond donors (Lipinski definition) is 2. The highest BCUT2D eigenvalue weighted by molar-refractivity contribution is 5.83. The van der Waals surface area contributed by atoms with E-state index in [2.05, 4.69) is 20.1 Å². The van der Waals surface area contributed by atoms with E-state index in [1.807, 2.05) is 0 Å². The number of alkyl carbamates (subject to hydrolysis) is 2. The van der Waals surface area contributed by atoms with Crippen LogP contribution in [0.15, 0.2) is 48.5 Å². The van der Waals surface area contributed by atoms with Crippen LogP contribution in [0.4, 0.5) is 29.7 Å². The van der Waals surface area contributed by atoms with Crippen LogP contribution in [-0.2, 0) is 28.5 Å². The molecule has 2 aromatic rings. The maximum Gasteiger partial charge on any atom is 0.408 e. The van der Waals surface area contributed by atoms with Gasteiger partial charge in [-0.25, -0.2) is 28.0 Å². The van der Waals surface area contributed by atoms with Crippen molar-refractivity contribution in [2.75, 3.05) is 14.2 Å². The van der Waals surface area contributed by atoms with Crippen molar-refractivity contribution in [2.24, 2.45) is 0 Å². The summed E-state index contributed by atoms with van der Waals surface area (Å²) in [7, 11) is 2.07. The standard InChI is InChI=1S/2C15H19FN2O6/c2*1-15(2,3)24-14(20)17-12(13(19)23-4)11(16)9-6-5-7-10(8-9)18(21)22/h2*5-8,11-12H,1-4H3,(H,17,20)/t2*11-,12-/m00/s1. The minimum absolute atomic E-state index is 0.143. The number of alkyl halides is 2. The van der Waals surface area contributed by atoms with Crippen molar-refractivity contribution < 1.29 is 56.8 Å². The third-order valence-corrected chi connectivity index (χ3v) is 5.64. The van der Waals surface area contributed by atoms with E-state index < -0.39 is 69.6 Å². The van der Waals surface area contributed by atoms with Gasteiger partial charge in [0.1, 0.15) is 11.2 Å². The van der Waals surface area contributed by atoms with Gasteiger partial charge in [-0.3, -0.25) is 20.2 Å². The van der Waals surface area contributed by atoms with Crippen LogP contribution in [-0.4, -0.2) is 71.5 Å². The Morgan fingerprint density at radius 2 is 0.979 bits per heavy atom. The molecule has 0 aliphatic carbocycles. The van der Waals surface area contributed by atoms with Gasteiger partial charge in [-0.2, -0.15) is 0 Å². The number of nitro groups is 2. The van der Waals surface area contributed by atoms with Crippen molar-refractivity contribution in [1.82, 2.24) is 10.6 Å². The quantitative estimate of drug-likeness (QED) is 0.140. The molecule has 0 saturated heterocycles. The number of benzene rings is 2. The summed E-state index contributed by atoms with van der Waals surface area (Å²) in [4.78, 5) is 67.3. The number of methoxy groups -OCH3 is 2. The molecule has 0 aromatic heterocycles. The molecule has 0 aliphatic heterocycles. The predicted octanol–water partition coefficient (Wildman–Crippen LogP) is 5.34. The lowest BCUT2D eigenvalue weighted by Gasteiger charge is -2.24. The number of nitrogens with one attached hydrogen (secondary N) is 2. The average molecular weight is 685 g/mol. The van der Waals surface area contributed by atoms with Gasteiger partial charge in [0.2, 0.25) is 0 Å². The molecule has 2 rings (SSSR count). The Hall–Kier alpha value is -5.42. The summed E-state index contributed by atoms with van der Waals surface area (Å²) >= 11 is 0. The van der Waals surface area contributed by atoms with Gasteiger partial charge < -0.3 is 29.6 Å². The van der Waals surface area contributed by atoms with Crippen LogP contribution in [0.1, 0.15) is 65.0 Å². The zero-order valence-electron chi connectivity index (χ0n) is 27.5. The third-order valence-electron chi connectivity index (χ3n) is 5.64. The van der Waals surface area contributed by atoms with Crippen molar-refractivity contribution in [3.63, 3.8) is 0 Å². The first-order chi connectivity index (χ1) is 22.1. The second-order valence-corrected chi connectivity index (χ2v) is 11.8. The Kier molecular flexibility index (Phi) is 14.8. The van der Waals surface area contributed by atoms with Crippen molar-refractivity contribution >= 4 is 35.5 Å². The molecule has 4 atom stereocenters. The molecule has 0 aliphatic rings. The third kappa shape index (κ3) is 13.5. The molecule has 0 spiro atoms. The zero-order valence-corrected chi connectivity index (χ0v) is 27.5. The minimum atomic E-state index is -2.05. The second-order valence-electron chi connectivity index (χ2n) is 11.8. The second kappa shape index (κ2) is 17.5. The Morgan fingerprint density at radius 1 is 0.667 bits per heavy atom. The normalized spacial score (nSPS) is 13.5. The fourth-order valence-electron chi connectivity index (χ4n) is 3.63. The van der Waals surface area contributed by atoms with Gasteiger partial charge in [0.05, 0.1) is 24.1 Å². The van der Waals surface area contributed by atoms with Crippen LogP contribution in [0, 0.1) is 20.2 Å². The van der Waals surface area contributed by atoms with Crippen LogP contribution in [0.5, 0.6) is 0 Å². The van der Waals surface area contributed by atoms with Crippen LogP contribution >= 0.6 is 0 Å². The summed E-state index contributed by atoms with van der Waals surface area (Å²) in [6.07, 6.45) is -6.12. The molecular formula is C30H38F2N4O12. The highest BCUT2D eigenvalue weighted by Gasteiger charge is 2.35. The van der Waals surface area contributed by atoms with Gasteiger partial charge in [0.25, 0.3) is 11.4 Å². The minimum Gasteiger partial charge on any atom is -0.467 e. The molecular weight excluding hydrogens is 646 g/mol. The number of hydrogen-bond acceptors (Lipinski definition) is 12. The number of esters is 2. The highest BCUT2D eigenvalue weighted by atomic mass is 19.1. The number of ether oxygens (including phenoxy) is 4. The lowest BCUT2D eigenvalue weighted by atomic mass is 10.0. The SMILES string of the molecule is COC(=O)[C@@H](NC(=O)OC(C)(C)C)[C@@H](F)c1cccc([N+](=O)[O-])c1.COC(=O)[C@@H](NC(=O)OC(C)(C)C)[C@@H](F)c1cccc([N+](=O)[O-])c1. The monoisotopic (exact) mass is 684 g/mol. The summed E-state index contributed by atoms with van der Waals surface area (Å²) in [6.45, 7) is 9.63. The largest absolute Gasteiger partial charge is 0.467 e. The van der Waals surface area contributed by atoms with Crippen LogP contribution < -0.4 is 10.6 Å². The van der Waals surface area contributed by atoms with Crippen molar-refractivity contribution in [2.45, 2.75) is 77.2 Å². The lowest BCUT2D eigenvalue weighted by molar-refractivity contribution is -0.385. The molecule has 0 heterocycles. The van der Waals surface area contributed by atoms with E-state index in [-0.39, 0.29) is 22.5 Å². The van der Waals surface area contributed by atoms with E-state index in [0.717, 1.165) is 26.4 Å². The summed E-state index contributed by atoms with van der Waals surface area (Å²) < 4.78 is 48.3. The Balaban J connectivity index is 0.000000480. The van der Waals surface area contributed by atoms with E-state index >= 15 is 0 Å². The number of amides is 2. The predicted molar refractivity (Wildman–Crippen MR) is 164 cm³/mol.